The molecule has 0 radical (unpaired) electrons. The maximum atomic E-state index is 9.53. The molecule has 1 heterocycles. The monoisotopic (exact) mass is 520 g/mol. The van der Waals surface area contributed by atoms with Crippen LogP contribution in [0.5, 0.6) is 0 Å². The number of aliphatic hydroxyl groups is 1. The molecule has 1 N–H and O–H groups in total. The molecule has 0 bridgehead atoms. The molecule has 0 saturated carbocycles. The highest BCUT2D eigenvalue weighted by atomic mass is 127. The Morgan fingerprint density at radius 1 is 1.24 bits per heavy atom. The third kappa shape index (κ3) is 6.35. The summed E-state index contributed by atoms with van der Waals surface area (Å²) in [5, 5.41) is 10.7. The molecule has 154 valence electrons. The third-order valence-corrected chi connectivity index (χ3v) is 6.93. The Morgan fingerprint density at radius 3 is 2.79 bits per heavy atom. The quantitative estimate of drug-likeness (QED) is 0.259. The van der Waals surface area contributed by atoms with Crippen molar-refractivity contribution in [1.29, 1.82) is 0 Å². The van der Waals surface area contributed by atoms with Crippen LogP contribution in [0, 0.1) is 10.5 Å². The van der Waals surface area contributed by atoms with Crippen LogP contribution in [0.25, 0.3) is 10.2 Å². The lowest BCUT2D eigenvalue weighted by molar-refractivity contribution is 0.194. The summed E-state index contributed by atoms with van der Waals surface area (Å²) >= 11 is 4.17. The fraction of sp³-hybridized carbons (Fsp3) is 0.375. The van der Waals surface area contributed by atoms with Crippen molar-refractivity contribution in [3.8, 4) is 0 Å². The van der Waals surface area contributed by atoms with Crippen molar-refractivity contribution >= 4 is 44.1 Å². The van der Waals surface area contributed by atoms with Gasteiger partial charge >= 0.3 is 0 Å². The van der Waals surface area contributed by atoms with Crippen LogP contribution >= 0.6 is 33.9 Å². The molecule has 3 aromatic rings. The van der Waals surface area contributed by atoms with Crippen molar-refractivity contribution in [1.82, 2.24) is 9.88 Å². The van der Waals surface area contributed by atoms with E-state index in [2.05, 4.69) is 84.3 Å². The van der Waals surface area contributed by atoms with Crippen LogP contribution < -0.4 is 0 Å². The number of nitrogens with zero attached hydrogens (tertiary/aromatic N) is 2. The summed E-state index contributed by atoms with van der Waals surface area (Å²) in [6, 6.07) is 13.3. The Morgan fingerprint density at radius 2 is 2.03 bits per heavy atom. The van der Waals surface area contributed by atoms with Crippen molar-refractivity contribution in [2.75, 3.05) is 6.54 Å². The Labute approximate surface area is 191 Å². The Bertz CT molecular complexity index is 969. The zero-order valence-electron chi connectivity index (χ0n) is 17.2. The molecule has 5 heteroatoms. The largest absolute Gasteiger partial charge is 0.392 e. The second kappa shape index (κ2) is 10.7. The normalized spacial score (nSPS) is 12.6. The molecule has 0 unspecified atom stereocenters. The number of aliphatic hydroxyl groups excluding tert-OH is 1. The molecule has 0 saturated heterocycles. The summed E-state index contributed by atoms with van der Waals surface area (Å²) in [6.07, 6.45) is 5.04. The third-order valence-electron chi connectivity index (χ3n) is 5.18. The zero-order chi connectivity index (χ0) is 20.8. The van der Waals surface area contributed by atoms with E-state index >= 15 is 0 Å². The van der Waals surface area contributed by atoms with Gasteiger partial charge in [-0.2, -0.15) is 0 Å². The van der Waals surface area contributed by atoms with Crippen LogP contribution in [0.1, 0.15) is 41.5 Å². The van der Waals surface area contributed by atoms with Gasteiger partial charge < -0.3 is 5.11 Å². The van der Waals surface area contributed by atoms with Crippen molar-refractivity contribution in [2.45, 2.75) is 52.3 Å². The van der Waals surface area contributed by atoms with Gasteiger partial charge in [0.15, 0.2) is 0 Å². The molecule has 3 nitrogen and oxygen atoms in total. The lowest BCUT2D eigenvalue weighted by Crippen LogP contribution is -2.33. The number of halogens is 1. The topological polar surface area (TPSA) is 36.4 Å². The number of hydrogen-bond acceptors (Lipinski definition) is 4. The van der Waals surface area contributed by atoms with Crippen LogP contribution in [0.3, 0.4) is 0 Å². The predicted octanol–water partition coefficient (Wildman–Crippen LogP) is 6.10. The molecule has 2 aromatic carbocycles. The molecule has 0 aliphatic rings. The molecule has 0 fully saturated rings. The van der Waals surface area contributed by atoms with E-state index < -0.39 is 0 Å². The van der Waals surface area contributed by atoms with Gasteiger partial charge in [-0.05, 0) is 78.6 Å². The highest BCUT2D eigenvalue weighted by Crippen LogP contribution is 2.26. The number of hydrogen-bond donors (Lipinski definition) is 1. The molecule has 29 heavy (non-hydrogen) atoms. The van der Waals surface area contributed by atoms with E-state index in [1.807, 2.05) is 17.4 Å². The molecule has 0 aliphatic heterocycles. The standard InChI is InChI=1S/C24H29IN2OS/c1-4-5-10-27(15-19-11-17(2)12-20(13-19)16-28)18(3)6-9-24-26-22-8-7-21(25)14-23(22)29-24/h4,7-8,11-14,18,28H,1,5-6,9-10,15-16H2,2-3H3/t18-/m0/s1. The van der Waals surface area contributed by atoms with Crippen LogP contribution in [0.4, 0.5) is 0 Å². The molecule has 3 rings (SSSR count). The van der Waals surface area contributed by atoms with Gasteiger partial charge in [0.1, 0.15) is 0 Å². The number of aryl methyl sites for hydroxylation is 2. The number of aromatic nitrogens is 1. The lowest BCUT2D eigenvalue weighted by atomic mass is 10.0. The zero-order valence-corrected chi connectivity index (χ0v) is 20.2. The van der Waals surface area contributed by atoms with Crippen LogP contribution in [0.2, 0.25) is 0 Å². The van der Waals surface area contributed by atoms with Crippen molar-refractivity contribution < 1.29 is 5.11 Å². The number of thiazole rings is 1. The summed E-state index contributed by atoms with van der Waals surface area (Å²) in [5.74, 6) is 0. The first kappa shape index (κ1) is 22.4. The van der Waals surface area contributed by atoms with Crippen molar-refractivity contribution in [3.05, 3.63) is 74.3 Å². The fourth-order valence-corrected chi connectivity index (χ4v) is 5.37. The van der Waals surface area contributed by atoms with Crippen molar-refractivity contribution in [2.24, 2.45) is 0 Å². The first-order valence-electron chi connectivity index (χ1n) is 10.1. The highest BCUT2D eigenvalue weighted by Gasteiger charge is 2.16. The SMILES string of the molecule is C=CCCN(Cc1cc(C)cc(CO)c1)[C@@H](C)CCc1nc2ccc(I)cc2s1. The van der Waals surface area contributed by atoms with E-state index in [1.54, 1.807) is 0 Å². The summed E-state index contributed by atoms with van der Waals surface area (Å²) in [4.78, 5) is 7.34. The first-order chi connectivity index (χ1) is 14.0. The van der Waals surface area contributed by atoms with Crippen molar-refractivity contribution in [3.63, 3.8) is 0 Å². The summed E-state index contributed by atoms with van der Waals surface area (Å²) < 4.78 is 2.54. The fourth-order valence-electron chi connectivity index (χ4n) is 3.65. The van der Waals surface area contributed by atoms with Gasteiger partial charge in [0.05, 0.1) is 21.8 Å². The second-order valence-corrected chi connectivity index (χ2v) is 10.0. The molecule has 0 amide bonds. The maximum absolute atomic E-state index is 9.53. The van der Waals surface area contributed by atoms with E-state index in [0.717, 1.165) is 43.4 Å². The summed E-state index contributed by atoms with van der Waals surface area (Å²) in [7, 11) is 0. The van der Waals surface area contributed by atoms with E-state index in [-0.39, 0.29) is 6.61 Å². The average molecular weight is 520 g/mol. The molecular weight excluding hydrogens is 491 g/mol. The highest BCUT2D eigenvalue weighted by molar-refractivity contribution is 14.1. The van der Waals surface area contributed by atoms with Gasteiger partial charge in [-0.25, -0.2) is 4.98 Å². The molecular formula is C24H29IN2OS. The minimum Gasteiger partial charge on any atom is -0.392 e. The minimum absolute atomic E-state index is 0.0907. The Balaban J connectivity index is 1.68. The van der Waals surface area contributed by atoms with Gasteiger partial charge in [-0.3, -0.25) is 4.90 Å². The van der Waals surface area contributed by atoms with Crippen LogP contribution in [-0.4, -0.2) is 27.6 Å². The van der Waals surface area contributed by atoms with Crippen LogP contribution in [-0.2, 0) is 19.6 Å². The van der Waals surface area contributed by atoms with Crippen LogP contribution in [0.15, 0.2) is 49.1 Å². The van der Waals surface area contributed by atoms with E-state index in [1.165, 1.54) is 24.4 Å². The smallest absolute Gasteiger partial charge is 0.0939 e. The van der Waals surface area contributed by atoms with E-state index in [4.69, 9.17) is 4.98 Å². The molecule has 1 atom stereocenters. The van der Waals surface area contributed by atoms with Gasteiger partial charge in [0.25, 0.3) is 0 Å². The lowest BCUT2D eigenvalue weighted by Gasteiger charge is -2.29. The minimum atomic E-state index is 0.0907. The van der Waals surface area contributed by atoms with Gasteiger partial charge in [-0.1, -0.05) is 29.8 Å². The summed E-state index contributed by atoms with van der Waals surface area (Å²) in [6.45, 7) is 10.3. The molecule has 0 aliphatic carbocycles. The average Bonchev–Trinajstić information content (AvgIpc) is 3.10. The Kier molecular flexibility index (Phi) is 8.24. The van der Waals surface area contributed by atoms with Gasteiger partial charge in [-0.15, -0.1) is 17.9 Å². The van der Waals surface area contributed by atoms with E-state index in [0.29, 0.717) is 6.04 Å². The number of benzene rings is 2. The number of fused-ring (bicyclic) bond motifs is 1. The maximum Gasteiger partial charge on any atom is 0.0939 e. The molecule has 0 spiro atoms. The second-order valence-electron chi connectivity index (χ2n) is 7.64. The van der Waals surface area contributed by atoms with E-state index in [9.17, 15) is 5.11 Å². The first-order valence-corrected chi connectivity index (χ1v) is 12.0. The predicted molar refractivity (Wildman–Crippen MR) is 132 cm³/mol. The Hall–Kier alpha value is -1.28. The molecule has 1 aromatic heterocycles. The number of rotatable bonds is 10. The summed E-state index contributed by atoms with van der Waals surface area (Å²) in [5.41, 5.74) is 4.56. The van der Waals surface area contributed by atoms with Gasteiger partial charge in [0, 0.05) is 29.1 Å². The van der Waals surface area contributed by atoms with Gasteiger partial charge in [0.2, 0.25) is 0 Å².